The number of amides is 1. The minimum absolute atomic E-state index is 0.0769. The van der Waals surface area contributed by atoms with E-state index < -0.39 is 0 Å². The van der Waals surface area contributed by atoms with Crippen LogP contribution in [0.4, 0.5) is 0 Å². The molecule has 1 atom stereocenters. The van der Waals surface area contributed by atoms with Gasteiger partial charge in [-0.2, -0.15) is 0 Å². The Morgan fingerprint density at radius 2 is 2.00 bits per heavy atom. The smallest absolute Gasteiger partial charge is 0.216 e. The zero-order valence-corrected chi connectivity index (χ0v) is 8.02. The van der Waals surface area contributed by atoms with Gasteiger partial charge in [-0.05, 0) is 6.42 Å². The van der Waals surface area contributed by atoms with Crippen molar-refractivity contribution in [3.05, 3.63) is 0 Å². The van der Waals surface area contributed by atoms with Crippen molar-refractivity contribution in [3.63, 3.8) is 0 Å². The van der Waals surface area contributed by atoms with Gasteiger partial charge in [0.2, 0.25) is 5.91 Å². The Hall–Kier alpha value is -0.860. The van der Waals surface area contributed by atoms with E-state index in [9.17, 15) is 9.59 Å². The standard InChI is InChI=1S/C9H17NO2/c1-4-7(2)9(12)5-6-10-8(3)11/h7H,4-6H2,1-3H3,(H,10,11). The van der Waals surface area contributed by atoms with Gasteiger partial charge >= 0.3 is 0 Å². The molecule has 1 N–H and O–H groups in total. The summed E-state index contributed by atoms with van der Waals surface area (Å²) in [7, 11) is 0. The van der Waals surface area contributed by atoms with Crippen LogP contribution in [0.25, 0.3) is 0 Å². The zero-order chi connectivity index (χ0) is 9.56. The number of hydrogen-bond donors (Lipinski definition) is 1. The van der Waals surface area contributed by atoms with Crippen molar-refractivity contribution in [2.75, 3.05) is 6.54 Å². The van der Waals surface area contributed by atoms with Crippen LogP contribution < -0.4 is 5.32 Å². The summed E-state index contributed by atoms with van der Waals surface area (Å²) in [6.45, 7) is 5.82. The molecule has 0 aromatic rings. The van der Waals surface area contributed by atoms with Crippen LogP contribution in [-0.2, 0) is 9.59 Å². The molecule has 1 amide bonds. The molecule has 0 heterocycles. The number of carbonyl (C=O) groups excluding carboxylic acids is 2. The van der Waals surface area contributed by atoms with Crippen LogP contribution in [0.2, 0.25) is 0 Å². The van der Waals surface area contributed by atoms with Crippen molar-refractivity contribution in [3.8, 4) is 0 Å². The van der Waals surface area contributed by atoms with E-state index in [1.165, 1.54) is 6.92 Å². The molecule has 3 nitrogen and oxygen atoms in total. The van der Waals surface area contributed by atoms with E-state index in [-0.39, 0.29) is 17.6 Å². The highest BCUT2D eigenvalue weighted by atomic mass is 16.1. The number of rotatable bonds is 5. The van der Waals surface area contributed by atoms with E-state index in [1.54, 1.807) is 0 Å². The van der Waals surface area contributed by atoms with Gasteiger partial charge in [0.1, 0.15) is 5.78 Å². The number of nitrogens with one attached hydrogen (secondary N) is 1. The van der Waals surface area contributed by atoms with Crippen LogP contribution in [0.1, 0.15) is 33.6 Å². The van der Waals surface area contributed by atoms with E-state index >= 15 is 0 Å². The molecule has 12 heavy (non-hydrogen) atoms. The minimum atomic E-state index is -0.0769. The van der Waals surface area contributed by atoms with Crippen molar-refractivity contribution in [2.45, 2.75) is 33.6 Å². The average Bonchev–Trinajstić information content (AvgIpc) is 2.02. The Bertz CT molecular complexity index is 166. The van der Waals surface area contributed by atoms with Crippen molar-refractivity contribution in [1.82, 2.24) is 5.32 Å². The second-order valence-corrected chi connectivity index (χ2v) is 3.01. The van der Waals surface area contributed by atoms with Crippen LogP contribution in [0, 0.1) is 5.92 Å². The molecule has 0 saturated carbocycles. The normalized spacial score (nSPS) is 12.2. The molecule has 0 bridgehead atoms. The predicted octanol–water partition coefficient (Wildman–Crippen LogP) is 1.13. The van der Waals surface area contributed by atoms with Gasteiger partial charge in [-0.15, -0.1) is 0 Å². The number of Topliss-reactive ketones (excluding diaryl/α,β-unsaturated/α-hetero) is 1. The summed E-state index contributed by atoms with van der Waals surface area (Å²) in [4.78, 5) is 21.6. The van der Waals surface area contributed by atoms with Crippen molar-refractivity contribution in [2.24, 2.45) is 5.92 Å². The highest BCUT2D eigenvalue weighted by Crippen LogP contribution is 2.03. The molecule has 0 radical (unpaired) electrons. The summed E-state index contributed by atoms with van der Waals surface area (Å²) in [6, 6.07) is 0. The molecular weight excluding hydrogens is 154 g/mol. The zero-order valence-electron chi connectivity index (χ0n) is 8.02. The van der Waals surface area contributed by atoms with Crippen LogP contribution in [0.15, 0.2) is 0 Å². The molecule has 0 aliphatic rings. The summed E-state index contributed by atoms with van der Waals surface area (Å²) in [5, 5.41) is 2.60. The lowest BCUT2D eigenvalue weighted by atomic mass is 10.0. The summed E-state index contributed by atoms with van der Waals surface area (Å²) < 4.78 is 0. The Balaban J connectivity index is 3.50. The Labute approximate surface area is 73.5 Å². The molecule has 0 fully saturated rings. The average molecular weight is 171 g/mol. The van der Waals surface area contributed by atoms with E-state index in [0.29, 0.717) is 13.0 Å². The first kappa shape index (κ1) is 11.1. The van der Waals surface area contributed by atoms with Crippen LogP contribution in [0.5, 0.6) is 0 Å². The number of hydrogen-bond acceptors (Lipinski definition) is 2. The van der Waals surface area contributed by atoms with E-state index in [1.807, 2.05) is 13.8 Å². The second-order valence-electron chi connectivity index (χ2n) is 3.01. The highest BCUT2D eigenvalue weighted by Gasteiger charge is 2.09. The maximum atomic E-state index is 11.2. The molecule has 0 spiro atoms. The van der Waals surface area contributed by atoms with Gasteiger partial charge in [-0.3, -0.25) is 9.59 Å². The maximum absolute atomic E-state index is 11.2. The third kappa shape index (κ3) is 4.88. The van der Waals surface area contributed by atoms with Crippen LogP contribution in [0.3, 0.4) is 0 Å². The van der Waals surface area contributed by atoms with Gasteiger partial charge in [0.15, 0.2) is 0 Å². The fourth-order valence-electron chi connectivity index (χ4n) is 0.836. The van der Waals surface area contributed by atoms with Gasteiger partial charge < -0.3 is 5.32 Å². The van der Waals surface area contributed by atoms with Gasteiger partial charge in [0, 0.05) is 25.8 Å². The lowest BCUT2D eigenvalue weighted by Gasteiger charge is -2.06. The van der Waals surface area contributed by atoms with E-state index in [2.05, 4.69) is 5.32 Å². The highest BCUT2D eigenvalue weighted by molar-refractivity contribution is 5.81. The van der Waals surface area contributed by atoms with Gasteiger partial charge in [-0.25, -0.2) is 0 Å². The first-order valence-corrected chi connectivity index (χ1v) is 4.35. The topological polar surface area (TPSA) is 46.2 Å². The number of carbonyl (C=O) groups is 2. The lowest BCUT2D eigenvalue weighted by molar-refractivity contribution is -0.122. The van der Waals surface area contributed by atoms with Gasteiger partial charge in [0.05, 0.1) is 0 Å². The first-order valence-electron chi connectivity index (χ1n) is 4.35. The molecule has 3 heteroatoms. The summed E-state index contributed by atoms with van der Waals surface area (Å²) in [5.74, 6) is 0.275. The van der Waals surface area contributed by atoms with Gasteiger partial charge in [-0.1, -0.05) is 13.8 Å². The molecule has 70 valence electrons. The van der Waals surface area contributed by atoms with E-state index in [0.717, 1.165) is 6.42 Å². The second kappa shape index (κ2) is 5.75. The minimum Gasteiger partial charge on any atom is -0.356 e. The van der Waals surface area contributed by atoms with E-state index in [4.69, 9.17) is 0 Å². The molecule has 0 saturated heterocycles. The summed E-state index contributed by atoms with van der Waals surface area (Å²) >= 11 is 0. The fourth-order valence-corrected chi connectivity index (χ4v) is 0.836. The maximum Gasteiger partial charge on any atom is 0.216 e. The monoisotopic (exact) mass is 171 g/mol. The third-order valence-electron chi connectivity index (χ3n) is 1.91. The van der Waals surface area contributed by atoms with Crippen LogP contribution in [-0.4, -0.2) is 18.2 Å². The largest absolute Gasteiger partial charge is 0.356 e. The van der Waals surface area contributed by atoms with Crippen molar-refractivity contribution in [1.29, 1.82) is 0 Å². The first-order chi connectivity index (χ1) is 5.57. The molecule has 0 aliphatic carbocycles. The number of ketones is 1. The SMILES string of the molecule is CCC(C)C(=O)CCNC(C)=O. The van der Waals surface area contributed by atoms with Crippen molar-refractivity contribution >= 4 is 11.7 Å². The molecule has 0 aliphatic heterocycles. The fraction of sp³-hybridized carbons (Fsp3) is 0.778. The molecule has 0 aromatic heterocycles. The Morgan fingerprint density at radius 3 is 2.42 bits per heavy atom. The van der Waals surface area contributed by atoms with Gasteiger partial charge in [0.25, 0.3) is 0 Å². The lowest BCUT2D eigenvalue weighted by Crippen LogP contribution is -2.24. The molecule has 0 rings (SSSR count). The summed E-state index contributed by atoms with van der Waals surface area (Å²) in [5.41, 5.74) is 0. The van der Waals surface area contributed by atoms with Crippen LogP contribution >= 0.6 is 0 Å². The summed E-state index contributed by atoms with van der Waals surface area (Å²) in [6.07, 6.45) is 1.33. The third-order valence-corrected chi connectivity index (χ3v) is 1.91. The molecule has 0 aromatic carbocycles. The molecule has 1 unspecified atom stereocenters. The Morgan fingerprint density at radius 1 is 1.42 bits per heavy atom. The Kier molecular flexibility index (Phi) is 5.34. The predicted molar refractivity (Wildman–Crippen MR) is 47.8 cm³/mol. The quantitative estimate of drug-likeness (QED) is 0.674. The van der Waals surface area contributed by atoms with Crippen molar-refractivity contribution < 1.29 is 9.59 Å². The molecular formula is C9H17NO2.